The minimum atomic E-state index is -0.194. The van der Waals surface area contributed by atoms with Crippen molar-refractivity contribution in [1.29, 1.82) is 0 Å². The Morgan fingerprint density at radius 3 is 2.58 bits per heavy atom. The molecule has 0 aliphatic rings. The predicted molar refractivity (Wildman–Crippen MR) is 108 cm³/mol. The maximum Gasteiger partial charge on any atom is 0.250 e. The number of aryl methyl sites for hydroxylation is 1. The highest BCUT2D eigenvalue weighted by Crippen LogP contribution is 2.31. The molecule has 3 rings (SSSR count). The summed E-state index contributed by atoms with van der Waals surface area (Å²) in [4.78, 5) is 17.7. The van der Waals surface area contributed by atoms with E-state index in [0.717, 1.165) is 27.4 Å². The molecule has 0 bridgehead atoms. The quantitative estimate of drug-likeness (QED) is 0.614. The molecule has 0 saturated carbocycles. The van der Waals surface area contributed by atoms with Gasteiger partial charge in [-0.05, 0) is 49.8 Å². The van der Waals surface area contributed by atoms with Gasteiger partial charge in [0.25, 0.3) is 0 Å². The molecule has 0 aliphatic heterocycles. The van der Waals surface area contributed by atoms with Crippen molar-refractivity contribution in [2.75, 3.05) is 11.9 Å². The molecule has 1 N–H and O–H groups in total. The number of hydrogen-bond acceptors (Lipinski definition) is 4. The number of carbonyl (C=O) groups excluding carboxylic acids is 1. The first-order valence-electron chi connectivity index (χ1n) is 8.40. The number of benzene rings is 2. The maximum atomic E-state index is 12.1. The molecule has 0 fully saturated rings. The highest BCUT2D eigenvalue weighted by atomic mass is 32.1. The van der Waals surface area contributed by atoms with Crippen LogP contribution in [0.25, 0.3) is 17.3 Å². The Labute approximate surface area is 157 Å². The molecular weight excluding hydrogens is 344 g/mol. The second kappa shape index (κ2) is 8.45. The number of nitrogens with one attached hydrogen (secondary N) is 1. The van der Waals surface area contributed by atoms with Crippen molar-refractivity contribution in [1.82, 2.24) is 4.98 Å². The number of aromatic nitrogens is 1. The van der Waals surface area contributed by atoms with Crippen LogP contribution >= 0.6 is 11.3 Å². The molecule has 0 aliphatic carbocycles. The molecule has 132 valence electrons. The van der Waals surface area contributed by atoms with E-state index in [1.807, 2.05) is 68.4 Å². The number of anilines is 1. The summed E-state index contributed by atoms with van der Waals surface area (Å²) in [5, 5.41) is 3.42. The van der Waals surface area contributed by atoms with Crippen molar-refractivity contribution >= 4 is 28.5 Å². The fraction of sp³-hybridized carbons (Fsp3) is 0.143. The number of rotatable bonds is 6. The van der Waals surface area contributed by atoms with Crippen LogP contribution in [0.5, 0.6) is 5.75 Å². The lowest BCUT2D eigenvalue weighted by Crippen LogP contribution is -2.07. The molecule has 3 aromatic rings. The van der Waals surface area contributed by atoms with E-state index in [9.17, 15) is 4.79 Å². The summed E-state index contributed by atoms with van der Waals surface area (Å²) < 4.78 is 5.47. The monoisotopic (exact) mass is 364 g/mol. The van der Waals surface area contributed by atoms with E-state index in [-0.39, 0.29) is 5.91 Å². The summed E-state index contributed by atoms with van der Waals surface area (Å²) in [6, 6.07) is 17.5. The maximum absolute atomic E-state index is 12.1. The van der Waals surface area contributed by atoms with Gasteiger partial charge in [0.2, 0.25) is 5.91 Å². The van der Waals surface area contributed by atoms with Crippen molar-refractivity contribution in [3.63, 3.8) is 0 Å². The van der Waals surface area contributed by atoms with E-state index in [1.54, 1.807) is 6.08 Å². The minimum absolute atomic E-state index is 0.194. The second-order valence-corrected chi connectivity index (χ2v) is 6.82. The molecule has 0 spiro atoms. The summed E-state index contributed by atoms with van der Waals surface area (Å²) >= 11 is 1.47. The van der Waals surface area contributed by atoms with Crippen molar-refractivity contribution in [2.24, 2.45) is 0 Å². The van der Waals surface area contributed by atoms with Gasteiger partial charge in [-0.2, -0.15) is 0 Å². The number of hydrogen-bond donors (Lipinski definition) is 1. The Morgan fingerprint density at radius 2 is 1.88 bits per heavy atom. The van der Waals surface area contributed by atoms with Crippen LogP contribution in [0.1, 0.15) is 17.4 Å². The van der Waals surface area contributed by atoms with Gasteiger partial charge in [0, 0.05) is 16.5 Å². The van der Waals surface area contributed by atoms with Crippen molar-refractivity contribution in [3.05, 3.63) is 71.1 Å². The lowest BCUT2D eigenvalue weighted by Gasteiger charge is -2.03. The van der Waals surface area contributed by atoms with E-state index >= 15 is 0 Å². The molecule has 0 atom stereocenters. The number of carbonyl (C=O) groups is 1. The minimum Gasteiger partial charge on any atom is -0.494 e. The van der Waals surface area contributed by atoms with Gasteiger partial charge in [-0.25, -0.2) is 4.98 Å². The first-order chi connectivity index (χ1) is 12.7. The Kier molecular flexibility index (Phi) is 5.81. The van der Waals surface area contributed by atoms with Crippen LogP contribution in [0.4, 0.5) is 5.13 Å². The second-order valence-electron chi connectivity index (χ2n) is 5.61. The Morgan fingerprint density at radius 1 is 1.15 bits per heavy atom. The van der Waals surface area contributed by atoms with Gasteiger partial charge in [-0.15, -0.1) is 11.3 Å². The van der Waals surface area contributed by atoms with Gasteiger partial charge in [0.05, 0.1) is 12.3 Å². The Bertz CT molecular complexity index is 900. The van der Waals surface area contributed by atoms with Gasteiger partial charge in [-0.3, -0.25) is 10.1 Å². The van der Waals surface area contributed by atoms with E-state index in [4.69, 9.17) is 4.74 Å². The molecule has 0 saturated heterocycles. The zero-order valence-corrected chi connectivity index (χ0v) is 15.5. The number of ether oxygens (including phenoxy) is 1. The van der Waals surface area contributed by atoms with Crippen LogP contribution < -0.4 is 10.1 Å². The van der Waals surface area contributed by atoms with Gasteiger partial charge in [0.15, 0.2) is 5.13 Å². The van der Waals surface area contributed by atoms with Gasteiger partial charge in [0.1, 0.15) is 5.75 Å². The van der Waals surface area contributed by atoms with E-state index in [2.05, 4.69) is 10.3 Å². The highest BCUT2D eigenvalue weighted by Gasteiger charge is 2.11. The van der Waals surface area contributed by atoms with Crippen LogP contribution in [0, 0.1) is 6.92 Å². The zero-order valence-electron chi connectivity index (χ0n) is 14.7. The van der Waals surface area contributed by atoms with Crippen molar-refractivity contribution < 1.29 is 9.53 Å². The molecule has 4 nitrogen and oxygen atoms in total. The molecule has 1 aromatic heterocycles. The average molecular weight is 364 g/mol. The van der Waals surface area contributed by atoms with E-state index < -0.39 is 0 Å². The molecule has 1 heterocycles. The number of nitrogens with zero attached hydrogens (tertiary/aromatic N) is 1. The third kappa shape index (κ3) is 4.58. The molecule has 0 radical (unpaired) electrons. The SMILES string of the molecule is CCOc1ccc(-c2nc(NC(=O)/C=C/c3ccccc3)sc2C)cc1. The first-order valence-corrected chi connectivity index (χ1v) is 9.22. The number of amides is 1. The van der Waals surface area contributed by atoms with Crippen molar-refractivity contribution in [2.45, 2.75) is 13.8 Å². The first kappa shape index (κ1) is 17.9. The van der Waals surface area contributed by atoms with Gasteiger partial charge in [-0.1, -0.05) is 30.3 Å². The molecule has 2 aromatic carbocycles. The Balaban J connectivity index is 1.69. The molecule has 26 heavy (non-hydrogen) atoms. The molecule has 5 heteroatoms. The smallest absolute Gasteiger partial charge is 0.250 e. The third-order valence-electron chi connectivity index (χ3n) is 3.69. The van der Waals surface area contributed by atoms with Crippen LogP contribution in [0.3, 0.4) is 0 Å². The summed E-state index contributed by atoms with van der Waals surface area (Å²) in [6.45, 7) is 4.60. The Hall–Kier alpha value is -2.92. The highest BCUT2D eigenvalue weighted by molar-refractivity contribution is 7.16. The molecule has 1 amide bonds. The summed E-state index contributed by atoms with van der Waals surface area (Å²) in [5.74, 6) is 0.643. The summed E-state index contributed by atoms with van der Waals surface area (Å²) in [7, 11) is 0. The lowest BCUT2D eigenvalue weighted by molar-refractivity contribution is -0.111. The van der Waals surface area contributed by atoms with E-state index in [1.165, 1.54) is 17.4 Å². The van der Waals surface area contributed by atoms with Crippen molar-refractivity contribution in [3.8, 4) is 17.0 Å². The average Bonchev–Trinajstić information content (AvgIpc) is 3.02. The van der Waals surface area contributed by atoms with Gasteiger partial charge < -0.3 is 4.74 Å². The fourth-order valence-electron chi connectivity index (χ4n) is 2.48. The lowest BCUT2D eigenvalue weighted by atomic mass is 10.1. The zero-order chi connectivity index (χ0) is 18.4. The largest absolute Gasteiger partial charge is 0.494 e. The topological polar surface area (TPSA) is 51.2 Å². The molecule has 0 unspecified atom stereocenters. The van der Waals surface area contributed by atoms with Crippen LogP contribution in [-0.4, -0.2) is 17.5 Å². The fourth-order valence-corrected chi connectivity index (χ4v) is 3.32. The predicted octanol–water partition coefficient (Wildman–Crippen LogP) is 5.17. The standard InChI is InChI=1S/C21H20N2O2S/c1-3-25-18-12-10-17(11-13-18)20-15(2)26-21(23-20)22-19(24)14-9-16-7-5-4-6-8-16/h4-14H,3H2,1-2H3,(H,22,23,24)/b14-9+. The van der Waals surface area contributed by atoms with Crippen LogP contribution in [0.2, 0.25) is 0 Å². The normalized spacial score (nSPS) is 10.8. The molecular formula is C21H20N2O2S. The van der Waals surface area contributed by atoms with E-state index in [0.29, 0.717) is 11.7 Å². The van der Waals surface area contributed by atoms with Gasteiger partial charge >= 0.3 is 0 Å². The number of thiazole rings is 1. The third-order valence-corrected chi connectivity index (χ3v) is 4.58. The summed E-state index contributed by atoms with van der Waals surface area (Å²) in [6.07, 6.45) is 3.30. The van der Waals surface area contributed by atoms with Crippen LogP contribution in [0.15, 0.2) is 60.7 Å². The van der Waals surface area contributed by atoms with Crippen LogP contribution in [-0.2, 0) is 4.79 Å². The summed E-state index contributed by atoms with van der Waals surface area (Å²) in [5.41, 5.74) is 2.86.